The minimum absolute atomic E-state index is 0.0399. The first-order valence-electron chi connectivity index (χ1n) is 6.40. The Hall–Kier alpha value is -2.50. The van der Waals surface area contributed by atoms with Gasteiger partial charge in [-0.3, -0.25) is 14.9 Å². The van der Waals surface area contributed by atoms with E-state index < -0.39 is 20.9 Å². The Morgan fingerprint density at radius 2 is 2.04 bits per heavy atom. The number of nitro groups is 1. The average Bonchev–Trinajstić information content (AvgIpc) is 2.88. The zero-order valence-corrected chi connectivity index (χ0v) is 14.2. The summed E-state index contributed by atoms with van der Waals surface area (Å²) in [7, 11) is -2.76. The van der Waals surface area contributed by atoms with Crippen molar-refractivity contribution < 1.29 is 22.9 Å². The summed E-state index contributed by atoms with van der Waals surface area (Å²) in [5.41, 5.74) is 0.0173. The lowest BCUT2D eigenvalue weighted by Gasteiger charge is -2.09. The predicted molar refractivity (Wildman–Crippen MR) is 88.0 cm³/mol. The molecule has 11 heteroatoms. The van der Waals surface area contributed by atoms with Crippen molar-refractivity contribution in [3.05, 3.63) is 44.1 Å². The van der Waals surface area contributed by atoms with Crippen LogP contribution in [0, 0.1) is 17.0 Å². The maximum Gasteiger partial charge on any atom is 0.283 e. The van der Waals surface area contributed by atoms with E-state index in [0.29, 0.717) is 4.88 Å². The largest absolute Gasteiger partial charge is 0.495 e. The number of primary sulfonamides is 1. The average molecular weight is 371 g/mol. The molecule has 0 aliphatic rings. The molecular weight excluding hydrogens is 358 g/mol. The fourth-order valence-electron chi connectivity index (χ4n) is 1.94. The summed E-state index contributed by atoms with van der Waals surface area (Å²) in [5.74, 6) is -0.556. The first kappa shape index (κ1) is 17.8. The van der Waals surface area contributed by atoms with Crippen LogP contribution in [-0.4, -0.2) is 26.4 Å². The fourth-order valence-corrected chi connectivity index (χ4v) is 3.54. The van der Waals surface area contributed by atoms with Crippen LogP contribution < -0.4 is 15.2 Å². The van der Waals surface area contributed by atoms with E-state index >= 15 is 0 Å². The Balaban J connectivity index is 2.33. The smallest absolute Gasteiger partial charge is 0.283 e. The molecule has 2 rings (SSSR count). The number of nitrogens with one attached hydrogen (secondary N) is 1. The van der Waals surface area contributed by atoms with E-state index in [1.165, 1.54) is 32.2 Å². The summed E-state index contributed by atoms with van der Waals surface area (Å²) in [5, 5.41) is 18.4. The van der Waals surface area contributed by atoms with Crippen molar-refractivity contribution in [3.8, 4) is 5.75 Å². The maximum absolute atomic E-state index is 12.2. The Bertz CT molecular complexity index is 920. The van der Waals surface area contributed by atoms with Crippen LogP contribution in [0.25, 0.3) is 0 Å². The number of carbonyl (C=O) groups excluding carboxylic acids is 1. The van der Waals surface area contributed by atoms with Crippen molar-refractivity contribution in [1.82, 2.24) is 0 Å². The highest BCUT2D eigenvalue weighted by atomic mass is 32.2. The SMILES string of the molecule is COc1ccc(NC(=O)c2cc([N+](=O)[O-])c(C)s2)cc1S(N)(=O)=O. The minimum atomic E-state index is -4.05. The van der Waals surface area contributed by atoms with Gasteiger partial charge in [0.15, 0.2) is 0 Å². The lowest BCUT2D eigenvalue weighted by molar-refractivity contribution is -0.385. The van der Waals surface area contributed by atoms with Gasteiger partial charge < -0.3 is 10.1 Å². The summed E-state index contributed by atoms with van der Waals surface area (Å²) in [6.07, 6.45) is 0. The van der Waals surface area contributed by atoms with Gasteiger partial charge in [0.25, 0.3) is 11.6 Å². The second-order valence-electron chi connectivity index (χ2n) is 4.67. The van der Waals surface area contributed by atoms with Crippen LogP contribution in [0.5, 0.6) is 5.75 Å². The van der Waals surface area contributed by atoms with Crippen molar-refractivity contribution in [3.63, 3.8) is 0 Å². The second-order valence-corrected chi connectivity index (χ2v) is 7.46. The number of amides is 1. The number of thiophene rings is 1. The van der Waals surface area contributed by atoms with E-state index in [1.807, 2.05) is 0 Å². The maximum atomic E-state index is 12.2. The highest BCUT2D eigenvalue weighted by molar-refractivity contribution is 7.89. The normalized spacial score (nSPS) is 11.1. The Labute approximate surface area is 141 Å². The number of methoxy groups -OCH3 is 1. The van der Waals surface area contributed by atoms with Crippen LogP contribution in [0.4, 0.5) is 11.4 Å². The summed E-state index contributed by atoms with van der Waals surface area (Å²) < 4.78 is 28.0. The molecule has 1 amide bonds. The van der Waals surface area contributed by atoms with Crippen LogP contribution >= 0.6 is 11.3 Å². The van der Waals surface area contributed by atoms with Crippen molar-refractivity contribution in [2.24, 2.45) is 5.14 Å². The quantitative estimate of drug-likeness (QED) is 0.607. The Kier molecular flexibility index (Phi) is 4.87. The number of nitrogens with two attached hydrogens (primary N) is 1. The molecule has 0 bridgehead atoms. The molecule has 1 aromatic carbocycles. The number of carbonyl (C=O) groups is 1. The van der Waals surface area contributed by atoms with Crippen LogP contribution in [0.2, 0.25) is 0 Å². The fraction of sp³-hybridized carbons (Fsp3) is 0.154. The topological polar surface area (TPSA) is 142 Å². The summed E-state index contributed by atoms with van der Waals surface area (Å²) in [4.78, 5) is 22.7. The number of anilines is 1. The van der Waals surface area contributed by atoms with Crippen molar-refractivity contribution >= 4 is 38.6 Å². The molecule has 0 aliphatic carbocycles. The molecule has 0 fully saturated rings. The molecular formula is C13H13N3O6S2. The summed E-state index contributed by atoms with van der Waals surface area (Å²) >= 11 is 0.966. The van der Waals surface area contributed by atoms with Crippen molar-refractivity contribution in [1.29, 1.82) is 0 Å². The number of hydrogen-bond donors (Lipinski definition) is 2. The Morgan fingerprint density at radius 1 is 1.38 bits per heavy atom. The summed E-state index contributed by atoms with van der Waals surface area (Å²) in [6, 6.07) is 5.10. The minimum Gasteiger partial charge on any atom is -0.495 e. The molecule has 1 aromatic heterocycles. The molecule has 0 aliphatic heterocycles. The third kappa shape index (κ3) is 3.69. The molecule has 0 unspecified atom stereocenters. The number of nitrogens with zero attached hydrogens (tertiary/aromatic N) is 1. The van der Waals surface area contributed by atoms with Crippen LogP contribution in [0.15, 0.2) is 29.2 Å². The molecule has 2 aromatic rings. The van der Waals surface area contributed by atoms with Crippen molar-refractivity contribution in [2.45, 2.75) is 11.8 Å². The number of ether oxygens (including phenoxy) is 1. The van der Waals surface area contributed by atoms with Crippen LogP contribution in [0.3, 0.4) is 0 Å². The highest BCUT2D eigenvalue weighted by Gasteiger charge is 2.21. The number of sulfonamides is 1. The van der Waals surface area contributed by atoms with E-state index in [2.05, 4.69) is 5.32 Å². The standard InChI is InChI=1S/C13H13N3O6S2/c1-7-9(16(18)19)6-11(23-7)13(17)15-8-3-4-10(22-2)12(5-8)24(14,20)21/h3-6H,1-2H3,(H,15,17)(H2,14,20,21). The van der Waals surface area contributed by atoms with Gasteiger partial charge in [-0.15, -0.1) is 11.3 Å². The third-order valence-electron chi connectivity index (χ3n) is 3.04. The van der Waals surface area contributed by atoms with E-state index in [4.69, 9.17) is 9.88 Å². The van der Waals surface area contributed by atoms with Gasteiger partial charge in [-0.05, 0) is 25.1 Å². The number of rotatable bonds is 5. The van der Waals surface area contributed by atoms with E-state index in [-0.39, 0.29) is 26.9 Å². The molecule has 9 nitrogen and oxygen atoms in total. The van der Waals surface area contributed by atoms with Gasteiger partial charge in [-0.25, -0.2) is 13.6 Å². The molecule has 0 saturated carbocycles. The van der Waals surface area contributed by atoms with Crippen molar-refractivity contribution in [2.75, 3.05) is 12.4 Å². The van der Waals surface area contributed by atoms with E-state index in [0.717, 1.165) is 17.4 Å². The van der Waals surface area contributed by atoms with Gasteiger partial charge in [0, 0.05) is 11.8 Å². The number of hydrogen-bond acceptors (Lipinski definition) is 7. The Morgan fingerprint density at radius 3 is 2.54 bits per heavy atom. The van der Waals surface area contributed by atoms with Gasteiger partial charge in [0.2, 0.25) is 10.0 Å². The zero-order valence-electron chi connectivity index (χ0n) is 12.6. The van der Waals surface area contributed by atoms with Gasteiger partial charge in [0.1, 0.15) is 10.6 Å². The molecule has 0 saturated heterocycles. The molecule has 24 heavy (non-hydrogen) atoms. The second kappa shape index (κ2) is 6.55. The van der Waals surface area contributed by atoms with E-state index in [9.17, 15) is 23.3 Å². The van der Waals surface area contributed by atoms with E-state index in [1.54, 1.807) is 0 Å². The monoisotopic (exact) mass is 371 g/mol. The zero-order chi connectivity index (χ0) is 18.1. The molecule has 128 valence electrons. The third-order valence-corrected chi connectivity index (χ3v) is 5.01. The van der Waals surface area contributed by atoms with Crippen LogP contribution in [-0.2, 0) is 10.0 Å². The first-order chi connectivity index (χ1) is 11.1. The lowest BCUT2D eigenvalue weighted by Crippen LogP contribution is -2.15. The molecule has 0 radical (unpaired) electrons. The first-order valence-corrected chi connectivity index (χ1v) is 8.76. The highest BCUT2D eigenvalue weighted by Crippen LogP contribution is 2.30. The van der Waals surface area contributed by atoms with Gasteiger partial charge >= 0.3 is 0 Å². The number of benzene rings is 1. The van der Waals surface area contributed by atoms with Gasteiger partial charge in [-0.2, -0.15) is 0 Å². The molecule has 0 spiro atoms. The summed E-state index contributed by atoms with van der Waals surface area (Å²) in [6.45, 7) is 1.53. The lowest BCUT2D eigenvalue weighted by atomic mass is 10.3. The molecule has 3 N–H and O–H groups in total. The molecule has 1 heterocycles. The predicted octanol–water partition coefficient (Wildman–Crippen LogP) is 1.87. The number of aryl methyl sites for hydroxylation is 1. The van der Waals surface area contributed by atoms with Gasteiger partial charge in [0.05, 0.1) is 21.8 Å². The molecule has 0 atom stereocenters. The van der Waals surface area contributed by atoms with Crippen LogP contribution in [0.1, 0.15) is 14.5 Å². The van der Waals surface area contributed by atoms with Gasteiger partial charge in [-0.1, -0.05) is 0 Å².